The molecule has 3 aromatic rings. The molecule has 0 atom stereocenters. The number of pyridine rings is 2. The Balaban J connectivity index is 1.53. The third-order valence-electron chi connectivity index (χ3n) is 3.92. The molecule has 0 bridgehead atoms. The molecule has 0 saturated carbocycles. The molecule has 0 aliphatic carbocycles. The van der Waals surface area contributed by atoms with Crippen LogP contribution in [0.25, 0.3) is 11.1 Å². The molecule has 0 radical (unpaired) electrons. The number of nitrogens with zero attached hydrogens (tertiary/aromatic N) is 3. The maximum atomic E-state index is 8.50. The van der Waals surface area contributed by atoms with Crippen LogP contribution in [0.1, 0.15) is 5.56 Å². The number of allylic oxidation sites excluding steroid dienone is 2. The van der Waals surface area contributed by atoms with Crippen molar-refractivity contribution in [2.24, 2.45) is 5.16 Å². The SMILES string of the molecule is O/N=C\c1cc[n+](C/C=C/C[n+]2ccc(-c3ccccc3)cc2)cc1. The molecule has 4 heteroatoms. The van der Waals surface area contributed by atoms with Crippen LogP contribution in [-0.4, -0.2) is 11.4 Å². The predicted molar refractivity (Wildman–Crippen MR) is 97.2 cm³/mol. The summed E-state index contributed by atoms with van der Waals surface area (Å²) in [6.07, 6.45) is 13.8. The van der Waals surface area contributed by atoms with Crippen LogP contribution < -0.4 is 9.13 Å². The van der Waals surface area contributed by atoms with E-state index in [2.05, 4.69) is 75.2 Å². The molecule has 1 N–H and O–H groups in total. The lowest BCUT2D eigenvalue weighted by atomic mass is 10.1. The van der Waals surface area contributed by atoms with Gasteiger partial charge in [0.1, 0.15) is 0 Å². The second kappa shape index (κ2) is 8.55. The molecule has 0 saturated heterocycles. The van der Waals surface area contributed by atoms with Crippen LogP contribution in [0.15, 0.2) is 96.7 Å². The van der Waals surface area contributed by atoms with E-state index in [1.165, 1.54) is 17.3 Å². The number of hydrogen-bond donors (Lipinski definition) is 1. The standard InChI is InChI=1S/C21H20N3O/c25-22-18-19-8-14-23(15-9-19)12-4-5-13-24-16-10-21(11-17-24)20-6-2-1-3-7-20/h1-11,14-18H,12-13H2/q+1/p+1/b5-4+. The Morgan fingerprint density at radius 2 is 1.24 bits per heavy atom. The summed E-state index contributed by atoms with van der Waals surface area (Å²) in [4.78, 5) is 0. The molecular weight excluding hydrogens is 310 g/mol. The first-order chi connectivity index (χ1) is 12.3. The maximum absolute atomic E-state index is 8.50. The van der Waals surface area contributed by atoms with Gasteiger partial charge in [0, 0.05) is 29.8 Å². The number of oxime groups is 1. The van der Waals surface area contributed by atoms with Crippen molar-refractivity contribution in [3.8, 4) is 11.1 Å². The first-order valence-electron chi connectivity index (χ1n) is 8.21. The monoisotopic (exact) mass is 331 g/mol. The second-order valence-electron chi connectivity index (χ2n) is 5.69. The average molecular weight is 331 g/mol. The minimum atomic E-state index is 0.805. The summed E-state index contributed by atoms with van der Waals surface area (Å²) in [6, 6.07) is 18.5. The van der Waals surface area contributed by atoms with E-state index in [1.807, 2.05) is 30.6 Å². The van der Waals surface area contributed by atoms with Crippen molar-refractivity contribution in [3.05, 3.63) is 97.1 Å². The van der Waals surface area contributed by atoms with Gasteiger partial charge >= 0.3 is 0 Å². The van der Waals surface area contributed by atoms with Crippen LogP contribution in [0, 0.1) is 0 Å². The highest BCUT2D eigenvalue weighted by Gasteiger charge is 2.01. The summed E-state index contributed by atoms with van der Waals surface area (Å²) in [5.74, 6) is 0. The molecular formula is C21H21N3O+2. The van der Waals surface area contributed by atoms with Crippen LogP contribution in [-0.2, 0) is 13.1 Å². The van der Waals surface area contributed by atoms with Crippen molar-refractivity contribution >= 4 is 6.21 Å². The Bertz CT molecular complexity index is 839. The first-order valence-corrected chi connectivity index (χ1v) is 8.21. The van der Waals surface area contributed by atoms with Gasteiger partial charge in [-0.25, -0.2) is 9.13 Å². The van der Waals surface area contributed by atoms with E-state index in [4.69, 9.17) is 5.21 Å². The van der Waals surface area contributed by atoms with Crippen LogP contribution in [0.5, 0.6) is 0 Å². The molecule has 124 valence electrons. The average Bonchev–Trinajstić information content (AvgIpc) is 2.68. The van der Waals surface area contributed by atoms with Crippen LogP contribution in [0.2, 0.25) is 0 Å². The highest BCUT2D eigenvalue weighted by molar-refractivity contribution is 5.78. The van der Waals surface area contributed by atoms with Gasteiger partial charge in [-0.05, 0) is 23.3 Å². The fraction of sp³-hybridized carbons (Fsp3) is 0.0952. The van der Waals surface area contributed by atoms with Gasteiger partial charge < -0.3 is 5.21 Å². The van der Waals surface area contributed by atoms with Crippen LogP contribution >= 0.6 is 0 Å². The lowest BCUT2D eigenvalue weighted by Gasteiger charge is -1.99. The fourth-order valence-electron chi connectivity index (χ4n) is 2.54. The van der Waals surface area contributed by atoms with Crippen molar-refractivity contribution in [2.75, 3.05) is 0 Å². The molecule has 0 aliphatic rings. The lowest BCUT2D eigenvalue weighted by molar-refractivity contribution is -0.691. The highest BCUT2D eigenvalue weighted by Crippen LogP contribution is 2.16. The molecule has 25 heavy (non-hydrogen) atoms. The summed E-state index contributed by atoms with van der Waals surface area (Å²) in [5.41, 5.74) is 3.33. The molecule has 0 unspecified atom stereocenters. The third kappa shape index (κ3) is 4.85. The largest absolute Gasteiger partial charge is 0.411 e. The zero-order valence-corrected chi connectivity index (χ0v) is 13.9. The summed E-state index contributed by atoms with van der Waals surface area (Å²) >= 11 is 0. The van der Waals surface area contributed by atoms with E-state index < -0.39 is 0 Å². The van der Waals surface area contributed by atoms with Crippen molar-refractivity contribution in [1.82, 2.24) is 0 Å². The Labute approximate surface area is 147 Å². The zero-order chi connectivity index (χ0) is 17.3. The van der Waals surface area contributed by atoms with Gasteiger partial charge in [0.25, 0.3) is 0 Å². The summed E-state index contributed by atoms with van der Waals surface area (Å²) < 4.78 is 4.21. The minimum absolute atomic E-state index is 0.805. The van der Waals surface area contributed by atoms with E-state index in [1.54, 1.807) is 0 Å². The third-order valence-corrected chi connectivity index (χ3v) is 3.92. The molecule has 2 aromatic heterocycles. The van der Waals surface area contributed by atoms with Gasteiger partial charge in [-0.3, -0.25) is 0 Å². The van der Waals surface area contributed by atoms with E-state index in [9.17, 15) is 0 Å². The number of rotatable bonds is 6. The normalized spacial score (nSPS) is 11.4. The maximum Gasteiger partial charge on any atom is 0.169 e. The highest BCUT2D eigenvalue weighted by atomic mass is 16.4. The summed E-state index contributed by atoms with van der Waals surface area (Å²) in [6.45, 7) is 1.64. The smallest absolute Gasteiger partial charge is 0.169 e. The van der Waals surface area contributed by atoms with E-state index in [0.717, 1.165) is 18.7 Å². The number of hydrogen-bond acceptors (Lipinski definition) is 2. The van der Waals surface area contributed by atoms with Gasteiger partial charge in [0.2, 0.25) is 0 Å². The van der Waals surface area contributed by atoms with Crippen molar-refractivity contribution in [2.45, 2.75) is 13.1 Å². The Morgan fingerprint density at radius 1 is 0.720 bits per heavy atom. The summed E-state index contributed by atoms with van der Waals surface area (Å²) in [7, 11) is 0. The molecule has 4 nitrogen and oxygen atoms in total. The minimum Gasteiger partial charge on any atom is -0.411 e. The fourth-order valence-corrected chi connectivity index (χ4v) is 2.54. The molecule has 0 aliphatic heterocycles. The van der Waals surface area contributed by atoms with E-state index in [-0.39, 0.29) is 0 Å². The van der Waals surface area contributed by atoms with Gasteiger partial charge in [0.15, 0.2) is 37.9 Å². The first kappa shape index (κ1) is 16.6. The van der Waals surface area contributed by atoms with Gasteiger partial charge in [0.05, 0.1) is 6.21 Å². The Kier molecular flexibility index (Phi) is 5.67. The van der Waals surface area contributed by atoms with Gasteiger partial charge in [-0.15, -0.1) is 0 Å². The van der Waals surface area contributed by atoms with E-state index >= 15 is 0 Å². The van der Waals surface area contributed by atoms with E-state index in [0.29, 0.717) is 0 Å². The topological polar surface area (TPSA) is 40.4 Å². The van der Waals surface area contributed by atoms with Crippen LogP contribution in [0.3, 0.4) is 0 Å². The molecule has 0 fully saturated rings. The van der Waals surface area contributed by atoms with Gasteiger partial charge in [-0.1, -0.05) is 35.5 Å². The lowest BCUT2D eigenvalue weighted by Crippen LogP contribution is -2.33. The van der Waals surface area contributed by atoms with Gasteiger partial charge in [-0.2, -0.15) is 0 Å². The Hall–Kier alpha value is -3.27. The molecule has 1 aromatic carbocycles. The zero-order valence-electron chi connectivity index (χ0n) is 13.9. The molecule has 3 rings (SSSR count). The number of aromatic nitrogens is 2. The number of benzene rings is 1. The second-order valence-corrected chi connectivity index (χ2v) is 5.69. The molecule has 0 amide bonds. The van der Waals surface area contributed by atoms with Crippen molar-refractivity contribution in [1.29, 1.82) is 0 Å². The van der Waals surface area contributed by atoms with Crippen molar-refractivity contribution in [3.63, 3.8) is 0 Å². The molecule has 0 spiro atoms. The summed E-state index contributed by atoms with van der Waals surface area (Å²) in [5, 5.41) is 11.5. The Morgan fingerprint density at radius 3 is 1.80 bits per heavy atom. The van der Waals surface area contributed by atoms with Crippen LogP contribution in [0.4, 0.5) is 0 Å². The quantitative estimate of drug-likeness (QED) is 0.244. The predicted octanol–water partition coefficient (Wildman–Crippen LogP) is 2.99. The molecule has 2 heterocycles. The van der Waals surface area contributed by atoms with Crippen molar-refractivity contribution < 1.29 is 14.3 Å².